The lowest BCUT2D eigenvalue weighted by molar-refractivity contribution is 0.298. The number of hydrogen-bond donors (Lipinski definition) is 1. The molecule has 16 heavy (non-hydrogen) atoms. The Balaban J connectivity index is 2.19. The monoisotopic (exact) mass is 287 g/mol. The summed E-state index contributed by atoms with van der Waals surface area (Å²) in [5.74, 6) is 0. The summed E-state index contributed by atoms with van der Waals surface area (Å²) in [7, 11) is 0. The van der Waals surface area contributed by atoms with Crippen molar-refractivity contribution in [2.45, 2.75) is 43.7 Å². The van der Waals surface area contributed by atoms with E-state index >= 15 is 0 Å². The number of benzene rings is 1. The van der Waals surface area contributed by atoms with Crippen LogP contribution in [0.15, 0.2) is 30.3 Å². The van der Waals surface area contributed by atoms with Gasteiger partial charge in [0, 0.05) is 5.69 Å². The van der Waals surface area contributed by atoms with Crippen LogP contribution < -0.4 is 5.32 Å². The Morgan fingerprint density at radius 1 is 1.25 bits per heavy atom. The largest absolute Gasteiger partial charge is 0.373 e. The summed E-state index contributed by atoms with van der Waals surface area (Å²) in [6.45, 7) is 1.89. The smallest absolute Gasteiger partial charge is 0.0999 e. The fourth-order valence-electron chi connectivity index (χ4n) is 1.51. The Hall–Kier alpha value is -0.570. The number of nitrogens with one attached hydrogen (secondary N) is 1. The summed E-state index contributed by atoms with van der Waals surface area (Å²) in [6.07, 6.45) is 2.49. The van der Waals surface area contributed by atoms with Crippen molar-refractivity contribution in [3.63, 3.8) is 0 Å². The Bertz CT molecular complexity index is 279. The second kappa shape index (κ2) is 7.66. The van der Waals surface area contributed by atoms with E-state index in [0.29, 0.717) is 12.8 Å². The van der Waals surface area contributed by atoms with Gasteiger partial charge in [-0.3, -0.25) is 0 Å². The van der Waals surface area contributed by atoms with Gasteiger partial charge in [-0.05, 0) is 37.8 Å². The van der Waals surface area contributed by atoms with E-state index in [0.717, 1.165) is 18.5 Å². The van der Waals surface area contributed by atoms with E-state index in [1.165, 1.54) is 0 Å². The molecule has 0 radical (unpaired) electrons. The average Bonchev–Trinajstić information content (AvgIpc) is 2.30. The minimum Gasteiger partial charge on any atom is -0.373 e. The fraction of sp³-hybridized carbons (Fsp3) is 0.538. The molecule has 0 aromatic heterocycles. The van der Waals surface area contributed by atoms with Crippen LogP contribution in [0.1, 0.15) is 32.6 Å². The highest BCUT2D eigenvalue weighted by Gasteiger charge is 2.06. The Labute approximate surface area is 106 Å². The zero-order valence-corrected chi connectivity index (χ0v) is 11.2. The molecule has 0 heterocycles. The van der Waals surface area contributed by atoms with Gasteiger partial charge in [0.05, 0.1) is 11.1 Å². The molecule has 1 aromatic rings. The molecule has 0 saturated carbocycles. The molecule has 90 valence electrons. The summed E-state index contributed by atoms with van der Waals surface area (Å²) in [5, 5.41) is 3.33. The van der Waals surface area contributed by atoms with E-state index in [2.05, 4.69) is 21.2 Å². The van der Waals surface area contributed by atoms with E-state index in [9.17, 15) is 4.39 Å². The minimum atomic E-state index is -0.642. The molecule has 0 amide bonds. The second-order valence-corrected chi connectivity index (χ2v) is 5.02. The van der Waals surface area contributed by atoms with Gasteiger partial charge < -0.3 is 5.32 Å². The van der Waals surface area contributed by atoms with E-state index in [-0.39, 0.29) is 4.95 Å². The van der Waals surface area contributed by atoms with Crippen molar-refractivity contribution in [3.05, 3.63) is 30.3 Å². The number of alkyl halides is 2. The maximum absolute atomic E-state index is 13.0. The molecule has 1 N–H and O–H groups in total. The quantitative estimate of drug-likeness (QED) is 0.564. The molecule has 1 aromatic carbocycles. The molecular weight excluding hydrogens is 269 g/mol. The van der Waals surface area contributed by atoms with E-state index < -0.39 is 6.17 Å². The van der Waals surface area contributed by atoms with Crippen molar-refractivity contribution in [2.24, 2.45) is 0 Å². The van der Waals surface area contributed by atoms with Crippen molar-refractivity contribution in [3.8, 4) is 0 Å². The second-order valence-electron chi connectivity index (χ2n) is 3.91. The van der Waals surface area contributed by atoms with Gasteiger partial charge in [-0.15, -0.1) is 0 Å². The summed E-state index contributed by atoms with van der Waals surface area (Å²) in [4.78, 5) is 0.221. The zero-order valence-electron chi connectivity index (χ0n) is 9.63. The van der Waals surface area contributed by atoms with Crippen molar-refractivity contribution in [2.75, 3.05) is 5.32 Å². The van der Waals surface area contributed by atoms with Crippen LogP contribution in [0.25, 0.3) is 0 Å². The lowest BCUT2D eigenvalue weighted by atomic mass is 10.1. The maximum Gasteiger partial charge on any atom is 0.0999 e. The first-order valence-corrected chi connectivity index (χ1v) is 6.73. The van der Waals surface area contributed by atoms with Crippen molar-refractivity contribution in [1.82, 2.24) is 0 Å². The highest BCUT2D eigenvalue weighted by molar-refractivity contribution is 9.09. The molecular formula is C13H19BrFN. The van der Waals surface area contributed by atoms with Gasteiger partial charge in [-0.1, -0.05) is 41.1 Å². The highest BCUT2D eigenvalue weighted by atomic mass is 79.9. The molecule has 0 aliphatic rings. The number of para-hydroxylation sites is 1. The molecule has 3 heteroatoms. The average molecular weight is 288 g/mol. The lowest BCUT2D eigenvalue weighted by Crippen LogP contribution is -2.12. The SMILES string of the molecule is CCC(F)CCC[C@@H](Br)Nc1ccccc1. The van der Waals surface area contributed by atoms with Gasteiger partial charge in [-0.2, -0.15) is 0 Å². The molecule has 1 nitrogen and oxygen atoms in total. The number of hydrogen-bond acceptors (Lipinski definition) is 1. The molecule has 2 atom stereocenters. The van der Waals surface area contributed by atoms with Crippen molar-refractivity contribution in [1.29, 1.82) is 0 Å². The predicted octanol–water partition coefficient (Wildman–Crippen LogP) is 4.74. The third kappa shape index (κ3) is 5.50. The van der Waals surface area contributed by atoms with Gasteiger partial charge in [0.15, 0.2) is 0 Å². The number of rotatable bonds is 7. The van der Waals surface area contributed by atoms with Crippen LogP contribution in [0, 0.1) is 0 Å². The number of halogens is 2. The van der Waals surface area contributed by atoms with Crippen LogP contribution in [0.3, 0.4) is 0 Å². The first-order valence-electron chi connectivity index (χ1n) is 5.82. The molecule has 0 saturated heterocycles. The van der Waals surface area contributed by atoms with Gasteiger partial charge >= 0.3 is 0 Å². The third-order valence-corrected chi connectivity index (χ3v) is 3.20. The molecule has 1 rings (SSSR count). The third-order valence-electron chi connectivity index (χ3n) is 2.51. The van der Waals surface area contributed by atoms with Gasteiger partial charge in [0.2, 0.25) is 0 Å². The topological polar surface area (TPSA) is 12.0 Å². The Kier molecular flexibility index (Phi) is 6.46. The summed E-state index contributed by atoms with van der Waals surface area (Å²) in [6, 6.07) is 10.0. The van der Waals surface area contributed by atoms with E-state index in [1.807, 2.05) is 37.3 Å². The number of anilines is 1. The molecule has 0 fully saturated rings. The Morgan fingerprint density at radius 3 is 2.56 bits per heavy atom. The molecule has 0 aliphatic heterocycles. The maximum atomic E-state index is 13.0. The van der Waals surface area contributed by atoms with Crippen LogP contribution >= 0.6 is 15.9 Å². The Morgan fingerprint density at radius 2 is 1.94 bits per heavy atom. The van der Waals surface area contributed by atoms with Crippen molar-refractivity contribution >= 4 is 21.6 Å². The lowest BCUT2D eigenvalue weighted by Gasteiger charge is -2.13. The molecule has 1 unspecified atom stereocenters. The minimum absolute atomic E-state index is 0.221. The van der Waals surface area contributed by atoms with Crippen molar-refractivity contribution < 1.29 is 4.39 Å². The van der Waals surface area contributed by atoms with Crippen LogP contribution in [0.5, 0.6) is 0 Å². The van der Waals surface area contributed by atoms with Gasteiger partial charge in [0.25, 0.3) is 0 Å². The van der Waals surface area contributed by atoms with Crippen LogP contribution in [-0.4, -0.2) is 11.1 Å². The van der Waals surface area contributed by atoms with E-state index in [1.54, 1.807) is 0 Å². The summed E-state index contributed by atoms with van der Waals surface area (Å²) in [5.41, 5.74) is 1.09. The molecule has 0 spiro atoms. The normalized spacial score (nSPS) is 14.4. The molecule has 0 bridgehead atoms. The zero-order chi connectivity index (χ0) is 11.8. The fourth-order valence-corrected chi connectivity index (χ4v) is 2.10. The van der Waals surface area contributed by atoms with Gasteiger partial charge in [-0.25, -0.2) is 4.39 Å². The highest BCUT2D eigenvalue weighted by Crippen LogP contribution is 2.17. The molecule has 0 aliphatic carbocycles. The summed E-state index contributed by atoms with van der Waals surface area (Å²) >= 11 is 3.55. The van der Waals surface area contributed by atoms with E-state index in [4.69, 9.17) is 0 Å². The standard InChI is InChI=1S/C13H19BrFN/c1-2-11(15)7-6-10-13(14)16-12-8-4-3-5-9-12/h3-5,8-9,11,13,16H,2,6-7,10H2,1H3/t11?,13-/m0/s1. The first kappa shape index (κ1) is 13.5. The predicted molar refractivity (Wildman–Crippen MR) is 71.8 cm³/mol. The summed E-state index contributed by atoms with van der Waals surface area (Å²) < 4.78 is 13.0. The first-order chi connectivity index (χ1) is 7.72. The van der Waals surface area contributed by atoms with Crippen LogP contribution in [0.4, 0.5) is 10.1 Å². The van der Waals surface area contributed by atoms with Crippen LogP contribution in [0.2, 0.25) is 0 Å². The van der Waals surface area contributed by atoms with Crippen LogP contribution in [-0.2, 0) is 0 Å². The van der Waals surface area contributed by atoms with Gasteiger partial charge in [0.1, 0.15) is 0 Å².